The average Bonchev–Trinajstić information content (AvgIpc) is 2.90. The topological polar surface area (TPSA) is 60.8 Å². The fraction of sp³-hybridized carbons (Fsp3) is 0.312. The van der Waals surface area contributed by atoms with Crippen molar-refractivity contribution < 1.29 is 15.0 Å². The molecule has 1 atom stereocenters. The van der Waals surface area contributed by atoms with Crippen molar-refractivity contribution in [3.63, 3.8) is 0 Å². The number of hydrogen-bond acceptors (Lipinski definition) is 4. The highest BCUT2D eigenvalue weighted by Crippen LogP contribution is 2.35. The van der Waals surface area contributed by atoms with Crippen LogP contribution in [-0.4, -0.2) is 27.6 Å². The summed E-state index contributed by atoms with van der Waals surface area (Å²) < 4.78 is 0. The van der Waals surface area contributed by atoms with Gasteiger partial charge in [-0.05, 0) is 36.4 Å². The number of nitrogens with zero attached hydrogens (tertiary/aromatic N) is 1. The summed E-state index contributed by atoms with van der Waals surface area (Å²) in [5, 5.41) is 21.5. The van der Waals surface area contributed by atoms with Gasteiger partial charge in [-0.1, -0.05) is 17.7 Å². The lowest BCUT2D eigenvalue weighted by molar-refractivity contribution is -0.144. The number of carbonyl (C=O) groups is 1. The number of phenolic OH excluding ortho intramolecular Hbond substituents is 1. The molecule has 1 aliphatic heterocycles. The zero-order valence-electron chi connectivity index (χ0n) is 11.7. The Labute approximate surface area is 127 Å². The van der Waals surface area contributed by atoms with Crippen LogP contribution in [0, 0.1) is 6.92 Å². The van der Waals surface area contributed by atoms with E-state index in [1.165, 1.54) is 0 Å². The molecule has 1 aromatic heterocycles. The first-order valence-corrected chi connectivity index (χ1v) is 7.76. The fourth-order valence-corrected chi connectivity index (χ4v) is 3.79. The molecule has 0 spiro atoms. The molecule has 2 heterocycles. The highest BCUT2D eigenvalue weighted by Gasteiger charge is 2.33. The van der Waals surface area contributed by atoms with E-state index in [0.717, 1.165) is 28.0 Å². The highest BCUT2D eigenvalue weighted by molar-refractivity contribution is 7.10. The third-order valence-corrected chi connectivity index (χ3v) is 4.90. The second-order valence-electron chi connectivity index (χ2n) is 5.39. The van der Waals surface area contributed by atoms with E-state index in [1.54, 1.807) is 17.4 Å². The number of benzene rings is 1. The third kappa shape index (κ3) is 2.66. The molecule has 21 heavy (non-hydrogen) atoms. The second-order valence-corrected chi connectivity index (χ2v) is 6.39. The first-order chi connectivity index (χ1) is 10.1. The first-order valence-electron chi connectivity index (χ1n) is 6.88. The molecule has 3 rings (SSSR count). The minimum Gasteiger partial charge on any atom is -0.508 e. The van der Waals surface area contributed by atoms with Crippen LogP contribution in [0.3, 0.4) is 0 Å². The molecular weight excluding hydrogens is 286 g/mol. The summed E-state index contributed by atoms with van der Waals surface area (Å²) in [5.41, 5.74) is 2.73. The minimum atomic E-state index is -0.832. The first kappa shape index (κ1) is 14.1. The Hall–Kier alpha value is -1.85. The van der Waals surface area contributed by atoms with Gasteiger partial charge in [0, 0.05) is 23.5 Å². The van der Waals surface area contributed by atoms with E-state index < -0.39 is 12.0 Å². The largest absolute Gasteiger partial charge is 0.508 e. The summed E-state index contributed by atoms with van der Waals surface area (Å²) >= 11 is 1.62. The van der Waals surface area contributed by atoms with E-state index in [2.05, 4.69) is 0 Å². The summed E-state index contributed by atoms with van der Waals surface area (Å²) in [6, 6.07) is 6.71. The van der Waals surface area contributed by atoms with Crippen molar-refractivity contribution in [3.05, 3.63) is 51.2 Å². The normalized spacial score (nSPS) is 18.4. The quantitative estimate of drug-likeness (QED) is 0.915. The zero-order valence-corrected chi connectivity index (χ0v) is 12.6. The van der Waals surface area contributed by atoms with Gasteiger partial charge in [-0.2, -0.15) is 0 Å². The molecule has 4 nitrogen and oxygen atoms in total. The number of carboxylic acids is 1. The standard InChI is InChI=1S/C16H17NO3S/c1-10-2-3-13(18)11(8-10)9-17-6-4-14-12(5-7-21-14)15(17)16(19)20/h2-3,5,7-8,15,18H,4,6,9H2,1H3,(H,19,20). The maximum atomic E-state index is 11.7. The van der Waals surface area contributed by atoms with Crippen LogP contribution in [0.15, 0.2) is 29.6 Å². The van der Waals surface area contributed by atoms with Crippen molar-refractivity contribution >= 4 is 17.3 Å². The van der Waals surface area contributed by atoms with Gasteiger partial charge in [0.05, 0.1) is 0 Å². The number of aliphatic carboxylic acids is 1. The van der Waals surface area contributed by atoms with Gasteiger partial charge in [0.15, 0.2) is 0 Å². The molecule has 1 aliphatic rings. The maximum absolute atomic E-state index is 11.7. The second kappa shape index (κ2) is 5.50. The van der Waals surface area contributed by atoms with Crippen LogP contribution in [-0.2, 0) is 17.8 Å². The number of rotatable bonds is 3. The lowest BCUT2D eigenvalue weighted by Crippen LogP contribution is -2.38. The number of aryl methyl sites for hydroxylation is 1. The van der Waals surface area contributed by atoms with E-state index >= 15 is 0 Å². The Balaban J connectivity index is 1.91. The molecule has 0 radical (unpaired) electrons. The van der Waals surface area contributed by atoms with Crippen LogP contribution < -0.4 is 0 Å². The monoisotopic (exact) mass is 303 g/mol. The smallest absolute Gasteiger partial charge is 0.325 e. The van der Waals surface area contributed by atoms with Crippen LogP contribution in [0.1, 0.15) is 27.6 Å². The van der Waals surface area contributed by atoms with Gasteiger partial charge in [0.25, 0.3) is 0 Å². The lowest BCUT2D eigenvalue weighted by Gasteiger charge is -2.33. The molecule has 0 amide bonds. The summed E-state index contributed by atoms with van der Waals surface area (Å²) in [6.07, 6.45) is 0.864. The summed E-state index contributed by atoms with van der Waals surface area (Å²) in [6.45, 7) is 3.10. The maximum Gasteiger partial charge on any atom is 0.325 e. The van der Waals surface area contributed by atoms with E-state index in [9.17, 15) is 15.0 Å². The molecule has 0 aliphatic carbocycles. The number of thiophene rings is 1. The molecule has 2 aromatic rings. The van der Waals surface area contributed by atoms with Crippen LogP contribution in [0.25, 0.3) is 0 Å². The number of hydrogen-bond donors (Lipinski definition) is 2. The van der Waals surface area contributed by atoms with Crippen LogP contribution in [0.2, 0.25) is 0 Å². The molecule has 1 unspecified atom stereocenters. The number of phenols is 1. The van der Waals surface area contributed by atoms with Crippen molar-refractivity contribution in [2.45, 2.75) is 25.9 Å². The Morgan fingerprint density at radius 1 is 1.43 bits per heavy atom. The van der Waals surface area contributed by atoms with Crippen molar-refractivity contribution in [2.75, 3.05) is 6.54 Å². The summed E-state index contributed by atoms with van der Waals surface area (Å²) in [7, 11) is 0. The molecule has 0 fully saturated rings. The molecule has 1 aromatic carbocycles. The van der Waals surface area contributed by atoms with Gasteiger partial charge in [0.1, 0.15) is 11.8 Å². The van der Waals surface area contributed by atoms with Gasteiger partial charge in [-0.3, -0.25) is 9.69 Å². The Bertz CT molecular complexity index is 680. The number of fused-ring (bicyclic) bond motifs is 1. The molecular formula is C16H17NO3S. The van der Waals surface area contributed by atoms with Gasteiger partial charge in [-0.25, -0.2) is 0 Å². The molecule has 2 N–H and O–H groups in total. The van der Waals surface area contributed by atoms with Crippen LogP contribution >= 0.6 is 11.3 Å². The fourth-order valence-electron chi connectivity index (χ4n) is 2.89. The summed E-state index contributed by atoms with van der Waals surface area (Å²) in [5.74, 6) is -0.609. The van der Waals surface area contributed by atoms with Gasteiger partial charge in [0.2, 0.25) is 0 Å². The Kier molecular flexibility index (Phi) is 3.69. The SMILES string of the molecule is Cc1ccc(O)c(CN2CCc3sccc3C2C(=O)O)c1. The molecule has 0 bridgehead atoms. The molecule has 110 valence electrons. The van der Waals surface area contributed by atoms with Crippen molar-refractivity contribution in [3.8, 4) is 5.75 Å². The molecule has 0 saturated carbocycles. The predicted octanol–water partition coefficient (Wildman–Crippen LogP) is 2.95. The third-order valence-electron chi connectivity index (χ3n) is 3.91. The van der Waals surface area contributed by atoms with Gasteiger partial charge >= 0.3 is 5.97 Å². The van der Waals surface area contributed by atoms with E-state index in [-0.39, 0.29) is 5.75 Å². The zero-order chi connectivity index (χ0) is 15.0. The van der Waals surface area contributed by atoms with E-state index in [1.807, 2.05) is 35.4 Å². The lowest BCUT2D eigenvalue weighted by atomic mass is 9.99. The predicted molar refractivity (Wildman–Crippen MR) is 81.7 cm³/mol. The Morgan fingerprint density at radius 2 is 2.24 bits per heavy atom. The van der Waals surface area contributed by atoms with Crippen molar-refractivity contribution in [1.82, 2.24) is 4.90 Å². The Morgan fingerprint density at radius 3 is 3.00 bits per heavy atom. The minimum absolute atomic E-state index is 0.223. The number of aromatic hydroxyl groups is 1. The van der Waals surface area contributed by atoms with Gasteiger partial charge in [-0.15, -0.1) is 11.3 Å². The number of carboxylic acid groups (broad SMARTS) is 1. The van der Waals surface area contributed by atoms with E-state index in [0.29, 0.717) is 13.1 Å². The van der Waals surface area contributed by atoms with E-state index in [4.69, 9.17) is 0 Å². The van der Waals surface area contributed by atoms with Crippen molar-refractivity contribution in [2.24, 2.45) is 0 Å². The summed E-state index contributed by atoms with van der Waals surface area (Å²) in [4.78, 5) is 14.7. The van der Waals surface area contributed by atoms with Crippen LogP contribution in [0.4, 0.5) is 0 Å². The molecule has 0 saturated heterocycles. The van der Waals surface area contributed by atoms with Crippen molar-refractivity contribution in [1.29, 1.82) is 0 Å². The molecule has 5 heteroatoms. The van der Waals surface area contributed by atoms with Gasteiger partial charge < -0.3 is 10.2 Å². The highest BCUT2D eigenvalue weighted by atomic mass is 32.1. The average molecular weight is 303 g/mol. The van der Waals surface area contributed by atoms with Crippen LogP contribution in [0.5, 0.6) is 5.75 Å².